The number of pyridine rings is 1. The SMILES string of the molecule is CCN1CCN(C(=O)c2ccc3nnc(-c4ccc(OC(F)(F)F)cc4)n3c2)CC1. The van der Waals surface area contributed by atoms with Gasteiger partial charge in [-0.15, -0.1) is 23.4 Å². The molecular weight excluding hydrogens is 399 g/mol. The van der Waals surface area contributed by atoms with Crippen molar-refractivity contribution < 1.29 is 22.7 Å². The number of piperazine rings is 1. The van der Waals surface area contributed by atoms with Crippen LogP contribution in [-0.4, -0.2) is 69.4 Å². The van der Waals surface area contributed by atoms with Crippen molar-refractivity contribution in [3.05, 3.63) is 48.2 Å². The maximum absolute atomic E-state index is 12.9. The van der Waals surface area contributed by atoms with Gasteiger partial charge in [0.25, 0.3) is 5.91 Å². The van der Waals surface area contributed by atoms with Gasteiger partial charge < -0.3 is 14.5 Å². The van der Waals surface area contributed by atoms with Crippen LogP contribution in [0.5, 0.6) is 5.75 Å². The van der Waals surface area contributed by atoms with E-state index in [9.17, 15) is 18.0 Å². The Labute approximate surface area is 170 Å². The Morgan fingerprint density at radius 3 is 2.37 bits per heavy atom. The van der Waals surface area contributed by atoms with E-state index in [2.05, 4.69) is 26.8 Å². The number of halogens is 3. The van der Waals surface area contributed by atoms with Crippen molar-refractivity contribution in [1.29, 1.82) is 0 Å². The fourth-order valence-corrected chi connectivity index (χ4v) is 3.47. The summed E-state index contributed by atoms with van der Waals surface area (Å²) in [6.07, 6.45) is -3.08. The van der Waals surface area contributed by atoms with E-state index in [1.807, 2.05) is 4.90 Å². The molecule has 3 aromatic rings. The number of nitrogens with zero attached hydrogens (tertiary/aromatic N) is 5. The third-order valence-electron chi connectivity index (χ3n) is 5.10. The van der Waals surface area contributed by atoms with Crippen LogP contribution in [0.15, 0.2) is 42.6 Å². The van der Waals surface area contributed by atoms with Crippen LogP contribution in [0.1, 0.15) is 17.3 Å². The number of carbonyl (C=O) groups is 1. The van der Waals surface area contributed by atoms with Gasteiger partial charge in [-0.25, -0.2) is 0 Å². The number of rotatable bonds is 4. The van der Waals surface area contributed by atoms with Gasteiger partial charge in [-0.1, -0.05) is 6.92 Å². The summed E-state index contributed by atoms with van der Waals surface area (Å²) in [5.74, 6) is 0.0393. The first kappa shape index (κ1) is 20.1. The summed E-state index contributed by atoms with van der Waals surface area (Å²) >= 11 is 0. The van der Waals surface area contributed by atoms with Gasteiger partial charge in [0, 0.05) is 37.9 Å². The van der Waals surface area contributed by atoms with Crippen molar-refractivity contribution in [2.45, 2.75) is 13.3 Å². The van der Waals surface area contributed by atoms with Crippen LogP contribution >= 0.6 is 0 Å². The maximum atomic E-state index is 12.9. The number of amides is 1. The molecule has 1 aliphatic heterocycles. The largest absolute Gasteiger partial charge is 0.573 e. The van der Waals surface area contributed by atoms with Gasteiger partial charge in [-0.3, -0.25) is 9.20 Å². The van der Waals surface area contributed by atoms with Gasteiger partial charge in [-0.2, -0.15) is 0 Å². The number of alkyl halides is 3. The first-order valence-electron chi connectivity index (χ1n) is 9.56. The highest BCUT2D eigenvalue weighted by Gasteiger charge is 2.31. The molecule has 0 atom stereocenters. The number of fused-ring (bicyclic) bond motifs is 1. The average molecular weight is 419 g/mol. The van der Waals surface area contributed by atoms with Crippen molar-refractivity contribution in [3.8, 4) is 17.1 Å². The number of likely N-dealkylation sites (N-methyl/N-ethyl adjacent to an activating group) is 1. The van der Waals surface area contributed by atoms with Crippen LogP contribution in [0.4, 0.5) is 13.2 Å². The van der Waals surface area contributed by atoms with Gasteiger partial charge >= 0.3 is 6.36 Å². The van der Waals surface area contributed by atoms with Crippen LogP contribution < -0.4 is 4.74 Å². The Kier molecular flexibility index (Phi) is 5.33. The lowest BCUT2D eigenvalue weighted by Crippen LogP contribution is -2.48. The minimum Gasteiger partial charge on any atom is -0.406 e. The van der Waals surface area contributed by atoms with Gasteiger partial charge in [-0.05, 0) is 42.9 Å². The Bertz CT molecular complexity index is 1040. The van der Waals surface area contributed by atoms with Crippen LogP contribution in [0.2, 0.25) is 0 Å². The summed E-state index contributed by atoms with van der Waals surface area (Å²) < 4.78 is 42.6. The second kappa shape index (κ2) is 7.94. The quantitative estimate of drug-likeness (QED) is 0.651. The highest BCUT2D eigenvalue weighted by atomic mass is 19.4. The number of ether oxygens (including phenoxy) is 1. The molecule has 30 heavy (non-hydrogen) atoms. The molecular formula is C20H20F3N5O2. The van der Waals surface area contributed by atoms with Gasteiger partial charge in [0.2, 0.25) is 0 Å². The molecule has 1 amide bonds. The van der Waals surface area contributed by atoms with Crippen molar-refractivity contribution >= 4 is 11.6 Å². The van der Waals surface area contributed by atoms with E-state index in [0.29, 0.717) is 35.7 Å². The molecule has 0 N–H and O–H groups in total. The molecule has 0 unspecified atom stereocenters. The maximum Gasteiger partial charge on any atom is 0.573 e. The molecule has 0 saturated carbocycles. The lowest BCUT2D eigenvalue weighted by Gasteiger charge is -2.34. The van der Waals surface area contributed by atoms with Crippen molar-refractivity contribution in [3.63, 3.8) is 0 Å². The molecule has 1 fully saturated rings. The molecule has 0 radical (unpaired) electrons. The summed E-state index contributed by atoms with van der Waals surface area (Å²) in [5, 5.41) is 8.20. The highest BCUT2D eigenvalue weighted by molar-refractivity contribution is 5.94. The van der Waals surface area contributed by atoms with E-state index < -0.39 is 6.36 Å². The molecule has 0 spiro atoms. The smallest absolute Gasteiger partial charge is 0.406 e. The molecule has 1 aromatic carbocycles. The summed E-state index contributed by atoms with van der Waals surface area (Å²) in [6.45, 7) is 6.08. The number of carbonyl (C=O) groups excluding carboxylic acids is 1. The molecule has 4 rings (SSSR count). The average Bonchev–Trinajstić information content (AvgIpc) is 3.16. The molecule has 0 bridgehead atoms. The summed E-state index contributed by atoms with van der Waals surface area (Å²) in [5.41, 5.74) is 1.59. The third-order valence-corrected chi connectivity index (χ3v) is 5.10. The van der Waals surface area contributed by atoms with E-state index in [4.69, 9.17) is 0 Å². The molecule has 1 saturated heterocycles. The zero-order valence-electron chi connectivity index (χ0n) is 16.3. The molecule has 10 heteroatoms. The highest BCUT2D eigenvalue weighted by Crippen LogP contribution is 2.26. The topological polar surface area (TPSA) is 63.0 Å². The first-order chi connectivity index (χ1) is 14.3. The fraction of sp³-hybridized carbons (Fsp3) is 0.350. The summed E-state index contributed by atoms with van der Waals surface area (Å²) in [7, 11) is 0. The second-order valence-electron chi connectivity index (χ2n) is 6.97. The molecule has 7 nitrogen and oxygen atoms in total. The first-order valence-corrected chi connectivity index (χ1v) is 9.56. The third kappa shape index (κ3) is 4.23. The molecule has 1 aliphatic rings. The van der Waals surface area contributed by atoms with E-state index in [-0.39, 0.29) is 11.7 Å². The van der Waals surface area contributed by atoms with Gasteiger partial charge in [0.1, 0.15) is 5.75 Å². The van der Waals surface area contributed by atoms with Gasteiger partial charge in [0.15, 0.2) is 11.5 Å². The Balaban J connectivity index is 1.58. The number of benzene rings is 1. The van der Waals surface area contributed by atoms with Crippen molar-refractivity contribution in [1.82, 2.24) is 24.4 Å². The Hall–Kier alpha value is -3.14. The Morgan fingerprint density at radius 2 is 1.73 bits per heavy atom. The monoisotopic (exact) mass is 419 g/mol. The van der Waals surface area contributed by atoms with Crippen molar-refractivity contribution in [2.24, 2.45) is 0 Å². The lowest BCUT2D eigenvalue weighted by atomic mass is 10.2. The van der Waals surface area contributed by atoms with Gasteiger partial charge in [0.05, 0.1) is 5.56 Å². The Morgan fingerprint density at radius 1 is 1.03 bits per heavy atom. The number of aromatic nitrogens is 3. The molecule has 158 valence electrons. The standard InChI is InChI=1S/C20H20F3N5O2/c1-2-26-9-11-27(12-10-26)19(29)15-5-8-17-24-25-18(28(17)13-15)14-3-6-16(7-4-14)30-20(21,22)23/h3-8,13H,2,9-12H2,1H3. The number of hydrogen-bond acceptors (Lipinski definition) is 5. The lowest BCUT2D eigenvalue weighted by molar-refractivity contribution is -0.274. The normalized spacial score (nSPS) is 15.5. The zero-order valence-corrected chi connectivity index (χ0v) is 16.3. The predicted octanol–water partition coefficient (Wildman–Crippen LogP) is 3.07. The summed E-state index contributed by atoms with van der Waals surface area (Å²) in [4.78, 5) is 17.0. The summed E-state index contributed by atoms with van der Waals surface area (Å²) in [6, 6.07) is 8.78. The van der Waals surface area contributed by atoms with E-state index in [1.165, 1.54) is 24.3 Å². The fourth-order valence-electron chi connectivity index (χ4n) is 3.47. The van der Waals surface area contributed by atoms with E-state index in [1.54, 1.807) is 22.7 Å². The van der Waals surface area contributed by atoms with E-state index in [0.717, 1.165) is 19.6 Å². The zero-order chi connectivity index (χ0) is 21.3. The molecule has 2 aromatic heterocycles. The van der Waals surface area contributed by atoms with Crippen LogP contribution in [-0.2, 0) is 0 Å². The molecule has 0 aliphatic carbocycles. The van der Waals surface area contributed by atoms with Crippen LogP contribution in [0, 0.1) is 0 Å². The minimum atomic E-state index is -4.75. The predicted molar refractivity (Wildman–Crippen MR) is 103 cm³/mol. The minimum absolute atomic E-state index is 0.0683. The molecule has 3 heterocycles. The van der Waals surface area contributed by atoms with Crippen molar-refractivity contribution in [2.75, 3.05) is 32.7 Å². The van der Waals surface area contributed by atoms with E-state index >= 15 is 0 Å². The number of hydrogen-bond donors (Lipinski definition) is 0. The second-order valence-corrected chi connectivity index (χ2v) is 6.97. The van der Waals surface area contributed by atoms with Crippen LogP contribution in [0.3, 0.4) is 0 Å². The van der Waals surface area contributed by atoms with Crippen LogP contribution in [0.25, 0.3) is 17.0 Å².